The second kappa shape index (κ2) is 9.25. The molecule has 0 radical (unpaired) electrons. The van der Waals surface area contributed by atoms with E-state index < -0.39 is 0 Å². The zero-order chi connectivity index (χ0) is 24.9. The molecule has 37 heavy (non-hydrogen) atoms. The molecule has 3 aromatic heterocycles. The highest BCUT2D eigenvalue weighted by molar-refractivity contribution is 5.85. The molecule has 0 bridgehead atoms. The largest absolute Gasteiger partial charge is 0.473 e. The molecule has 0 aromatic carbocycles. The molecule has 4 fully saturated rings. The molecule has 10 heteroatoms. The van der Waals surface area contributed by atoms with Gasteiger partial charge in [-0.3, -0.25) is 9.69 Å². The van der Waals surface area contributed by atoms with Gasteiger partial charge in [0.1, 0.15) is 17.4 Å². The number of pyridine rings is 2. The normalized spacial score (nSPS) is 23.8. The van der Waals surface area contributed by atoms with Gasteiger partial charge in [-0.05, 0) is 38.0 Å². The Hall–Kier alpha value is -3.24. The van der Waals surface area contributed by atoms with Gasteiger partial charge in [-0.25, -0.2) is 15.0 Å². The van der Waals surface area contributed by atoms with Gasteiger partial charge in [-0.2, -0.15) is 0 Å². The first-order valence-electron chi connectivity index (χ1n) is 13.5. The van der Waals surface area contributed by atoms with Gasteiger partial charge >= 0.3 is 0 Å². The average molecular weight is 504 g/mol. The Balaban J connectivity index is 1.13. The maximum absolute atomic E-state index is 11.8. The lowest BCUT2D eigenvalue weighted by atomic mass is 10.0. The number of imidazole rings is 1. The van der Waals surface area contributed by atoms with Crippen molar-refractivity contribution in [2.45, 2.75) is 44.4 Å². The lowest BCUT2D eigenvalue weighted by molar-refractivity contribution is -0.119. The number of nitrogens with one attached hydrogen (secondary N) is 1. The van der Waals surface area contributed by atoms with Crippen LogP contribution in [0.15, 0.2) is 30.7 Å². The van der Waals surface area contributed by atoms with Crippen LogP contribution in [0.25, 0.3) is 22.3 Å². The molecule has 1 unspecified atom stereocenters. The van der Waals surface area contributed by atoms with Crippen LogP contribution in [-0.2, 0) is 9.53 Å². The highest BCUT2D eigenvalue weighted by Gasteiger charge is 2.32. The summed E-state index contributed by atoms with van der Waals surface area (Å²) in [5, 5.41) is 2.91. The number of piperazine rings is 1. The van der Waals surface area contributed by atoms with E-state index in [1.807, 2.05) is 25.5 Å². The zero-order valence-corrected chi connectivity index (χ0v) is 21.2. The Labute approximate surface area is 216 Å². The number of aromatic nitrogens is 4. The molecular weight excluding hydrogens is 470 g/mol. The smallest absolute Gasteiger partial charge is 0.241 e. The highest BCUT2D eigenvalue weighted by atomic mass is 16.5. The minimum Gasteiger partial charge on any atom is -0.473 e. The molecule has 194 valence electrons. The summed E-state index contributed by atoms with van der Waals surface area (Å²) >= 11 is 0. The molecule has 3 aromatic rings. The second-order valence-electron chi connectivity index (χ2n) is 10.8. The topological polar surface area (TPSA) is 97.6 Å². The number of anilines is 1. The van der Waals surface area contributed by atoms with Gasteiger partial charge in [0.2, 0.25) is 11.8 Å². The predicted molar refractivity (Wildman–Crippen MR) is 139 cm³/mol. The lowest BCUT2D eigenvalue weighted by Gasteiger charge is -2.42. The first kappa shape index (κ1) is 22.9. The van der Waals surface area contributed by atoms with Crippen molar-refractivity contribution in [3.8, 4) is 17.1 Å². The summed E-state index contributed by atoms with van der Waals surface area (Å²) in [4.78, 5) is 31.1. The summed E-state index contributed by atoms with van der Waals surface area (Å²) in [5.74, 6) is 1.79. The quantitative estimate of drug-likeness (QED) is 0.525. The van der Waals surface area contributed by atoms with E-state index in [1.54, 1.807) is 0 Å². The molecule has 1 N–H and O–H groups in total. The van der Waals surface area contributed by atoms with E-state index in [9.17, 15) is 4.79 Å². The van der Waals surface area contributed by atoms with Gasteiger partial charge in [0.15, 0.2) is 0 Å². The van der Waals surface area contributed by atoms with E-state index in [0.717, 1.165) is 80.3 Å². The van der Waals surface area contributed by atoms with Crippen molar-refractivity contribution < 1.29 is 14.3 Å². The summed E-state index contributed by atoms with van der Waals surface area (Å²) in [5.41, 5.74) is 3.55. The second-order valence-corrected chi connectivity index (χ2v) is 10.8. The van der Waals surface area contributed by atoms with Crippen molar-refractivity contribution in [1.29, 1.82) is 0 Å². The lowest BCUT2D eigenvalue weighted by Crippen LogP contribution is -2.56. The van der Waals surface area contributed by atoms with E-state index in [0.29, 0.717) is 30.9 Å². The molecule has 10 nitrogen and oxygen atoms in total. The number of carbonyl (C=O) groups is 1. The molecule has 3 saturated heterocycles. The molecule has 1 amide bonds. The molecule has 3 aliphatic heterocycles. The van der Waals surface area contributed by atoms with Crippen molar-refractivity contribution in [2.24, 2.45) is 5.92 Å². The number of amides is 1. The zero-order valence-electron chi connectivity index (χ0n) is 21.2. The Morgan fingerprint density at radius 3 is 2.59 bits per heavy atom. The number of nitrogens with zero attached hydrogens (tertiary/aromatic N) is 6. The summed E-state index contributed by atoms with van der Waals surface area (Å²) < 4.78 is 14.0. The Morgan fingerprint density at radius 1 is 1.11 bits per heavy atom. The number of hydrogen-bond acceptors (Lipinski definition) is 8. The van der Waals surface area contributed by atoms with E-state index in [1.165, 1.54) is 0 Å². The van der Waals surface area contributed by atoms with E-state index in [2.05, 4.69) is 31.8 Å². The van der Waals surface area contributed by atoms with E-state index in [4.69, 9.17) is 24.4 Å². The van der Waals surface area contributed by atoms with Crippen LogP contribution in [0, 0.1) is 5.92 Å². The Morgan fingerprint density at radius 2 is 1.95 bits per heavy atom. The van der Waals surface area contributed by atoms with Crippen LogP contribution in [-0.4, -0.2) is 88.4 Å². The number of carbonyl (C=O) groups excluding carboxylic acids is 1. The summed E-state index contributed by atoms with van der Waals surface area (Å²) in [6.45, 7) is 8.42. The van der Waals surface area contributed by atoms with Crippen molar-refractivity contribution in [3.05, 3.63) is 30.7 Å². The third-order valence-electron chi connectivity index (χ3n) is 8.25. The summed E-state index contributed by atoms with van der Waals surface area (Å²) in [7, 11) is 0. The van der Waals surface area contributed by atoms with Crippen molar-refractivity contribution in [3.63, 3.8) is 0 Å². The molecule has 0 spiro atoms. The van der Waals surface area contributed by atoms with Gasteiger partial charge in [0.25, 0.3) is 0 Å². The Kier molecular flexibility index (Phi) is 5.73. The molecule has 1 aliphatic carbocycles. The minimum absolute atomic E-state index is 0.0833. The first-order valence-corrected chi connectivity index (χ1v) is 13.5. The molecule has 1 saturated carbocycles. The number of fused-ring (bicyclic) bond motifs is 1. The predicted octanol–water partition coefficient (Wildman–Crippen LogP) is 2.25. The van der Waals surface area contributed by atoms with Crippen LogP contribution in [0.5, 0.6) is 5.88 Å². The van der Waals surface area contributed by atoms with Crippen LogP contribution in [0.1, 0.15) is 32.2 Å². The van der Waals surface area contributed by atoms with Crippen molar-refractivity contribution >= 4 is 22.8 Å². The van der Waals surface area contributed by atoms with Crippen molar-refractivity contribution in [1.82, 2.24) is 29.7 Å². The van der Waals surface area contributed by atoms with Gasteiger partial charge in [0, 0.05) is 62.9 Å². The maximum Gasteiger partial charge on any atom is 0.241 e. The molecular formula is C27H33N7O3. The molecule has 2 atom stereocenters. The van der Waals surface area contributed by atoms with Gasteiger partial charge in [-0.15, -0.1) is 0 Å². The fourth-order valence-electron chi connectivity index (χ4n) is 5.59. The third-order valence-corrected chi connectivity index (χ3v) is 8.25. The fourth-order valence-corrected chi connectivity index (χ4v) is 5.59. The highest BCUT2D eigenvalue weighted by Crippen LogP contribution is 2.40. The Bertz CT molecular complexity index is 1290. The first-order chi connectivity index (χ1) is 18.1. The summed E-state index contributed by atoms with van der Waals surface area (Å²) in [6.07, 6.45) is 6.45. The van der Waals surface area contributed by atoms with Crippen molar-refractivity contribution in [2.75, 3.05) is 50.8 Å². The SMILES string of the molecule is C[C@@H](Oc1nc(-c2ccc(N3CCN(C4COC4)CC3)nc2)cc2ncn(C3CC3)c12)C1CNC(=O)C1. The fraction of sp³-hybridized carbons (Fsp3) is 0.556. The van der Waals surface area contributed by atoms with Gasteiger partial charge in [0.05, 0.1) is 36.8 Å². The van der Waals surface area contributed by atoms with E-state index in [-0.39, 0.29) is 17.9 Å². The molecule has 6 heterocycles. The minimum atomic E-state index is -0.141. The summed E-state index contributed by atoms with van der Waals surface area (Å²) in [6, 6.07) is 7.26. The van der Waals surface area contributed by atoms with Crippen LogP contribution < -0.4 is 15.0 Å². The monoisotopic (exact) mass is 503 g/mol. The van der Waals surface area contributed by atoms with Crippen LogP contribution in [0.4, 0.5) is 5.82 Å². The molecule has 7 rings (SSSR count). The maximum atomic E-state index is 11.8. The standard InChI is InChI=1S/C27H33N7O3/c1-17(19-10-25(35)29-13-19)37-27-26-23(30-16-34(26)20-3-4-20)11-22(31-27)18-2-5-24(28-12-18)33-8-6-32(7-9-33)21-14-36-15-21/h2,5,11-12,16-17,19-21H,3-4,6-10,13-15H2,1H3,(H,29,35)/t17-,19?/m1/s1. The number of hydrogen-bond donors (Lipinski definition) is 1. The number of ether oxygens (including phenoxy) is 2. The number of rotatable bonds is 7. The van der Waals surface area contributed by atoms with Crippen LogP contribution in [0.3, 0.4) is 0 Å². The van der Waals surface area contributed by atoms with Crippen LogP contribution >= 0.6 is 0 Å². The van der Waals surface area contributed by atoms with E-state index >= 15 is 0 Å². The van der Waals surface area contributed by atoms with Gasteiger partial charge < -0.3 is 24.3 Å². The molecule has 4 aliphatic rings. The third kappa shape index (κ3) is 4.42. The van der Waals surface area contributed by atoms with Gasteiger partial charge in [-0.1, -0.05) is 0 Å². The van der Waals surface area contributed by atoms with Crippen LogP contribution in [0.2, 0.25) is 0 Å². The average Bonchev–Trinajstić information content (AvgIpc) is 3.48.